The largest absolute Gasteiger partial charge is 0.462 e. The molecule has 1 heterocycles. The van der Waals surface area contributed by atoms with E-state index in [1.54, 1.807) is 19.1 Å². The summed E-state index contributed by atoms with van der Waals surface area (Å²) < 4.78 is 19.7. The third kappa shape index (κ3) is 2.43. The van der Waals surface area contributed by atoms with Crippen LogP contribution in [0.1, 0.15) is 17.3 Å². The molecule has 0 bridgehead atoms. The lowest BCUT2D eigenvalue weighted by atomic mass is 10.3. The fourth-order valence-corrected chi connectivity index (χ4v) is 2.00. The normalized spacial score (nSPS) is 10.4. The van der Waals surface area contributed by atoms with Gasteiger partial charge in [0.1, 0.15) is 16.0 Å². The van der Waals surface area contributed by atoms with Gasteiger partial charge in [-0.2, -0.15) is 5.10 Å². The first kappa shape index (κ1) is 12.8. The van der Waals surface area contributed by atoms with Crippen LogP contribution < -0.4 is 0 Å². The molecule has 1 aromatic carbocycles. The Kier molecular flexibility index (Phi) is 3.76. The average molecular weight is 313 g/mol. The summed E-state index contributed by atoms with van der Waals surface area (Å²) in [5.74, 6) is -0.773. The van der Waals surface area contributed by atoms with Gasteiger partial charge < -0.3 is 4.74 Å². The highest BCUT2D eigenvalue weighted by Crippen LogP contribution is 2.21. The van der Waals surface area contributed by atoms with Crippen molar-refractivity contribution in [1.82, 2.24) is 9.78 Å². The summed E-state index contributed by atoms with van der Waals surface area (Å²) in [5, 5.41) is 4.07. The topological polar surface area (TPSA) is 44.1 Å². The van der Waals surface area contributed by atoms with Crippen molar-refractivity contribution >= 4 is 21.9 Å². The van der Waals surface area contributed by atoms with Gasteiger partial charge in [-0.1, -0.05) is 0 Å². The van der Waals surface area contributed by atoms with Crippen molar-refractivity contribution in [2.75, 3.05) is 6.61 Å². The van der Waals surface area contributed by atoms with Gasteiger partial charge in [-0.05, 0) is 47.1 Å². The Bertz CT molecular complexity index is 566. The first-order valence-electron chi connectivity index (χ1n) is 5.30. The molecule has 0 unspecified atom stereocenters. The molecule has 0 saturated heterocycles. The van der Waals surface area contributed by atoms with E-state index >= 15 is 0 Å². The van der Waals surface area contributed by atoms with E-state index in [0.717, 1.165) is 0 Å². The number of nitrogens with zero attached hydrogens (tertiary/aromatic N) is 2. The summed E-state index contributed by atoms with van der Waals surface area (Å²) in [6.07, 6.45) is 1.41. The lowest BCUT2D eigenvalue weighted by Gasteiger charge is -2.04. The molecular weight excluding hydrogens is 303 g/mol. The fraction of sp³-hybridized carbons (Fsp3) is 0.167. The van der Waals surface area contributed by atoms with Crippen LogP contribution in [0, 0.1) is 5.82 Å². The molecule has 94 valence electrons. The van der Waals surface area contributed by atoms with E-state index in [2.05, 4.69) is 21.0 Å². The van der Waals surface area contributed by atoms with Crippen LogP contribution >= 0.6 is 15.9 Å². The number of ether oxygens (including phenoxy) is 1. The van der Waals surface area contributed by atoms with Crippen molar-refractivity contribution in [3.8, 4) is 5.69 Å². The summed E-state index contributed by atoms with van der Waals surface area (Å²) in [7, 11) is 0. The number of halogens is 2. The molecule has 0 amide bonds. The number of hydrogen-bond donors (Lipinski definition) is 0. The Labute approximate surface area is 111 Å². The highest BCUT2D eigenvalue weighted by molar-refractivity contribution is 9.10. The third-order valence-electron chi connectivity index (χ3n) is 2.28. The van der Waals surface area contributed by atoms with Crippen LogP contribution in [0.4, 0.5) is 4.39 Å². The quantitative estimate of drug-likeness (QED) is 0.818. The molecule has 6 heteroatoms. The standard InChI is InChI=1S/C12H10BrFN2O2/c1-2-18-12(17)10-7-15-16(11(10)13)9-5-3-8(14)4-6-9/h3-7H,2H2,1H3. The van der Waals surface area contributed by atoms with Gasteiger partial charge in [-0.3, -0.25) is 0 Å². The van der Waals surface area contributed by atoms with Crippen LogP contribution in [-0.4, -0.2) is 22.4 Å². The lowest BCUT2D eigenvalue weighted by Crippen LogP contribution is -2.05. The maximum atomic E-state index is 12.8. The Balaban J connectivity index is 2.36. The van der Waals surface area contributed by atoms with Gasteiger partial charge >= 0.3 is 5.97 Å². The lowest BCUT2D eigenvalue weighted by molar-refractivity contribution is 0.0525. The maximum absolute atomic E-state index is 12.8. The Morgan fingerprint density at radius 2 is 2.11 bits per heavy atom. The number of carbonyl (C=O) groups is 1. The molecule has 0 aliphatic heterocycles. The van der Waals surface area contributed by atoms with Gasteiger partial charge in [-0.15, -0.1) is 0 Å². The highest BCUT2D eigenvalue weighted by Gasteiger charge is 2.17. The Hall–Kier alpha value is -1.69. The number of carbonyl (C=O) groups excluding carboxylic acids is 1. The predicted molar refractivity (Wildman–Crippen MR) is 67.2 cm³/mol. The van der Waals surface area contributed by atoms with Crippen molar-refractivity contribution < 1.29 is 13.9 Å². The van der Waals surface area contributed by atoms with Crippen molar-refractivity contribution in [3.63, 3.8) is 0 Å². The molecule has 0 aliphatic rings. The predicted octanol–water partition coefficient (Wildman–Crippen LogP) is 2.95. The minimum absolute atomic E-state index is 0.299. The van der Waals surface area contributed by atoms with Crippen LogP contribution in [0.5, 0.6) is 0 Å². The SMILES string of the molecule is CCOC(=O)c1cnn(-c2ccc(F)cc2)c1Br. The maximum Gasteiger partial charge on any atom is 0.342 e. The second kappa shape index (κ2) is 5.30. The van der Waals surface area contributed by atoms with Gasteiger partial charge in [-0.25, -0.2) is 13.9 Å². The van der Waals surface area contributed by atoms with E-state index in [9.17, 15) is 9.18 Å². The number of esters is 1. The van der Waals surface area contributed by atoms with E-state index in [0.29, 0.717) is 22.5 Å². The van der Waals surface area contributed by atoms with Crippen molar-refractivity contribution in [1.29, 1.82) is 0 Å². The van der Waals surface area contributed by atoms with E-state index in [-0.39, 0.29) is 5.82 Å². The summed E-state index contributed by atoms with van der Waals surface area (Å²) in [5.41, 5.74) is 0.986. The Morgan fingerprint density at radius 1 is 1.44 bits per heavy atom. The zero-order valence-electron chi connectivity index (χ0n) is 9.56. The smallest absolute Gasteiger partial charge is 0.342 e. The highest BCUT2D eigenvalue weighted by atomic mass is 79.9. The van der Waals surface area contributed by atoms with Crippen LogP contribution in [0.2, 0.25) is 0 Å². The molecular formula is C12H10BrFN2O2. The molecule has 0 N–H and O–H groups in total. The van der Waals surface area contributed by atoms with Crippen LogP contribution in [0.25, 0.3) is 5.69 Å². The molecule has 0 radical (unpaired) electrons. The van der Waals surface area contributed by atoms with Gasteiger partial charge in [0.25, 0.3) is 0 Å². The fourth-order valence-electron chi connectivity index (χ4n) is 1.44. The number of benzene rings is 1. The van der Waals surface area contributed by atoms with E-state index in [1.165, 1.54) is 23.0 Å². The second-order valence-corrected chi connectivity index (χ2v) is 4.21. The first-order valence-corrected chi connectivity index (χ1v) is 6.09. The van der Waals surface area contributed by atoms with Gasteiger partial charge in [0.15, 0.2) is 0 Å². The minimum Gasteiger partial charge on any atom is -0.462 e. The zero-order valence-corrected chi connectivity index (χ0v) is 11.1. The zero-order chi connectivity index (χ0) is 13.1. The Morgan fingerprint density at radius 3 is 2.72 bits per heavy atom. The molecule has 2 aromatic rings. The average Bonchev–Trinajstić information content (AvgIpc) is 2.73. The number of rotatable bonds is 3. The molecule has 0 saturated carbocycles. The summed E-state index contributed by atoms with van der Waals surface area (Å²) >= 11 is 3.28. The summed E-state index contributed by atoms with van der Waals surface area (Å²) in [6.45, 7) is 2.03. The van der Waals surface area contributed by atoms with Gasteiger partial charge in [0.05, 0.1) is 18.5 Å². The minimum atomic E-state index is -0.447. The summed E-state index contributed by atoms with van der Waals surface area (Å²) in [6, 6.07) is 5.80. The molecule has 4 nitrogen and oxygen atoms in total. The second-order valence-electron chi connectivity index (χ2n) is 3.46. The molecule has 0 atom stereocenters. The van der Waals surface area contributed by atoms with E-state index < -0.39 is 5.97 Å². The van der Waals surface area contributed by atoms with Gasteiger partial charge in [0.2, 0.25) is 0 Å². The molecule has 18 heavy (non-hydrogen) atoms. The first-order chi connectivity index (χ1) is 8.63. The van der Waals surface area contributed by atoms with Crippen LogP contribution in [0.15, 0.2) is 35.1 Å². The molecule has 0 aliphatic carbocycles. The molecule has 0 spiro atoms. The van der Waals surface area contributed by atoms with E-state index in [1.807, 2.05) is 0 Å². The van der Waals surface area contributed by atoms with Crippen molar-refractivity contribution in [2.24, 2.45) is 0 Å². The third-order valence-corrected chi connectivity index (χ3v) is 3.04. The number of aromatic nitrogens is 2. The van der Waals surface area contributed by atoms with Crippen LogP contribution in [-0.2, 0) is 4.74 Å². The molecule has 1 aromatic heterocycles. The van der Waals surface area contributed by atoms with Crippen LogP contribution in [0.3, 0.4) is 0 Å². The van der Waals surface area contributed by atoms with Crippen molar-refractivity contribution in [3.05, 3.63) is 46.4 Å². The van der Waals surface area contributed by atoms with Crippen molar-refractivity contribution in [2.45, 2.75) is 6.92 Å². The molecule has 0 fully saturated rings. The van der Waals surface area contributed by atoms with E-state index in [4.69, 9.17) is 4.74 Å². The molecule has 2 rings (SSSR count). The number of hydrogen-bond acceptors (Lipinski definition) is 3. The monoisotopic (exact) mass is 312 g/mol. The summed E-state index contributed by atoms with van der Waals surface area (Å²) in [4.78, 5) is 11.6. The van der Waals surface area contributed by atoms with Gasteiger partial charge in [0, 0.05) is 0 Å².